The molecule has 2 rings (SSSR count). The molecule has 0 radical (unpaired) electrons. The molecule has 1 fully saturated rings. The molecule has 0 bridgehead atoms. The van der Waals surface area contributed by atoms with E-state index in [1.54, 1.807) is 13.8 Å². The molecule has 1 aliphatic carbocycles. The van der Waals surface area contributed by atoms with Crippen molar-refractivity contribution in [1.29, 1.82) is 0 Å². The molecule has 6 nitrogen and oxygen atoms in total. The first-order chi connectivity index (χ1) is 7.47. The van der Waals surface area contributed by atoms with Crippen LogP contribution in [0.3, 0.4) is 0 Å². The third-order valence-corrected chi connectivity index (χ3v) is 2.96. The largest absolute Gasteiger partial charge is 0.480 e. The molecule has 6 heteroatoms. The summed E-state index contributed by atoms with van der Waals surface area (Å²) in [5, 5.41) is 18.2. The van der Waals surface area contributed by atoms with E-state index in [2.05, 4.69) is 15.5 Å². The first-order valence-electron chi connectivity index (χ1n) is 5.04. The number of H-pyrrole nitrogens is 1. The number of nitrogens with one attached hydrogen (secondary N) is 2. The Morgan fingerprint density at radius 3 is 2.44 bits per heavy atom. The molecule has 0 saturated heterocycles. The molecular weight excluding hydrogens is 210 g/mol. The summed E-state index contributed by atoms with van der Waals surface area (Å²) in [5.41, 5.74) is 0.757. The third kappa shape index (κ3) is 1.46. The second-order valence-electron chi connectivity index (χ2n) is 4.15. The first-order valence-corrected chi connectivity index (χ1v) is 5.04. The summed E-state index contributed by atoms with van der Waals surface area (Å²) in [5.74, 6) is -1.50. The Hall–Kier alpha value is -1.85. The van der Waals surface area contributed by atoms with Gasteiger partial charge in [-0.1, -0.05) is 0 Å². The van der Waals surface area contributed by atoms with E-state index < -0.39 is 17.3 Å². The number of carboxylic acid groups (broad SMARTS) is 1. The highest BCUT2D eigenvalue weighted by Crippen LogP contribution is 2.46. The monoisotopic (exact) mass is 223 g/mol. The Morgan fingerprint density at radius 1 is 1.44 bits per heavy atom. The van der Waals surface area contributed by atoms with E-state index in [1.165, 1.54) is 0 Å². The van der Waals surface area contributed by atoms with E-state index >= 15 is 0 Å². The fourth-order valence-electron chi connectivity index (χ4n) is 1.63. The maximum Gasteiger partial charge on any atom is 0.319 e. The molecule has 1 saturated carbocycles. The van der Waals surface area contributed by atoms with Gasteiger partial charge in [0.05, 0.1) is 17.1 Å². The average molecular weight is 223 g/mol. The van der Waals surface area contributed by atoms with Crippen LogP contribution in [0.4, 0.5) is 5.69 Å². The van der Waals surface area contributed by atoms with Gasteiger partial charge in [0.25, 0.3) is 0 Å². The van der Waals surface area contributed by atoms with Crippen molar-refractivity contribution in [3.8, 4) is 0 Å². The Balaban J connectivity index is 2.18. The van der Waals surface area contributed by atoms with Gasteiger partial charge in [0.2, 0.25) is 5.91 Å². The lowest BCUT2D eigenvalue weighted by atomic mass is 10.1. The number of aromatic nitrogens is 2. The van der Waals surface area contributed by atoms with Crippen LogP contribution in [0.2, 0.25) is 0 Å². The number of rotatable bonds is 3. The van der Waals surface area contributed by atoms with E-state index in [1.807, 2.05) is 0 Å². The average Bonchev–Trinajstić information content (AvgIpc) is 2.97. The topological polar surface area (TPSA) is 95.1 Å². The van der Waals surface area contributed by atoms with Crippen LogP contribution in [0.25, 0.3) is 0 Å². The lowest BCUT2D eigenvalue weighted by Gasteiger charge is -2.10. The van der Waals surface area contributed by atoms with Gasteiger partial charge in [0, 0.05) is 0 Å². The number of amides is 1. The third-order valence-electron chi connectivity index (χ3n) is 2.96. The van der Waals surface area contributed by atoms with Crippen molar-refractivity contribution in [3.05, 3.63) is 11.4 Å². The fourth-order valence-corrected chi connectivity index (χ4v) is 1.63. The standard InChI is InChI=1S/C10H13N3O3/c1-5-7(6(2)13-12-5)11-8(14)10(3-4-10)9(15)16/h3-4H2,1-2H3,(H,11,14)(H,12,13)(H,15,16). The molecule has 0 aliphatic heterocycles. The Bertz CT molecular complexity index is 440. The van der Waals surface area contributed by atoms with E-state index in [0.717, 1.165) is 5.69 Å². The lowest BCUT2D eigenvalue weighted by Crippen LogP contribution is -2.31. The molecule has 1 aliphatic rings. The lowest BCUT2D eigenvalue weighted by molar-refractivity contribution is -0.147. The van der Waals surface area contributed by atoms with Crippen molar-refractivity contribution in [2.75, 3.05) is 5.32 Å². The number of aromatic amines is 1. The summed E-state index contributed by atoms with van der Waals surface area (Å²) >= 11 is 0. The smallest absolute Gasteiger partial charge is 0.319 e. The maximum atomic E-state index is 11.8. The zero-order chi connectivity index (χ0) is 11.9. The molecule has 1 aromatic rings. The second kappa shape index (κ2) is 3.33. The van der Waals surface area contributed by atoms with Gasteiger partial charge in [0.15, 0.2) is 0 Å². The number of nitrogens with zero attached hydrogens (tertiary/aromatic N) is 1. The van der Waals surface area contributed by atoms with Crippen LogP contribution in [-0.4, -0.2) is 27.2 Å². The van der Waals surface area contributed by atoms with Crippen LogP contribution in [0.5, 0.6) is 0 Å². The van der Waals surface area contributed by atoms with Crippen LogP contribution in [-0.2, 0) is 9.59 Å². The van der Waals surface area contributed by atoms with Crippen molar-refractivity contribution in [3.63, 3.8) is 0 Å². The summed E-state index contributed by atoms with van der Waals surface area (Å²) in [6.45, 7) is 3.52. The molecule has 1 amide bonds. The van der Waals surface area contributed by atoms with Crippen molar-refractivity contribution in [2.45, 2.75) is 26.7 Å². The van der Waals surface area contributed by atoms with Crippen molar-refractivity contribution in [2.24, 2.45) is 5.41 Å². The molecular formula is C10H13N3O3. The van der Waals surface area contributed by atoms with Crippen LogP contribution in [0.1, 0.15) is 24.2 Å². The Labute approximate surface area is 92.0 Å². The van der Waals surface area contributed by atoms with Crippen molar-refractivity contribution >= 4 is 17.6 Å². The van der Waals surface area contributed by atoms with Crippen molar-refractivity contribution in [1.82, 2.24) is 10.2 Å². The van der Waals surface area contributed by atoms with Gasteiger partial charge < -0.3 is 10.4 Å². The molecule has 1 heterocycles. The molecule has 0 spiro atoms. The molecule has 0 unspecified atom stereocenters. The summed E-state index contributed by atoms with van der Waals surface area (Å²) in [7, 11) is 0. The second-order valence-corrected chi connectivity index (χ2v) is 4.15. The molecule has 3 N–H and O–H groups in total. The van der Waals surface area contributed by atoms with E-state index in [0.29, 0.717) is 24.2 Å². The van der Waals surface area contributed by atoms with Crippen LogP contribution < -0.4 is 5.32 Å². The number of aryl methyl sites for hydroxylation is 2. The van der Waals surface area contributed by atoms with Gasteiger partial charge in [-0.15, -0.1) is 0 Å². The number of hydrogen-bond acceptors (Lipinski definition) is 3. The number of carboxylic acids is 1. The molecule has 1 aromatic heterocycles. The summed E-state index contributed by atoms with van der Waals surface area (Å²) < 4.78 is 0. The minimum atomic E-state index is -1.21. The minimum absolute atomic E-state index is 0.407. The van der Waals surface area contributed by atoms with Gasteiger partial charge in [-0.2, -0.15) is 5.10 Å². The number of carbonyl (C=O) groups is 2. The number of aliphatic carboxylic acids is 1. The van der Waals surface area contributed by atoms with Gasteiger partial charge in [-0.25, -0.2) is 0 Å². The van der Waals surface area contributed by atoms with E-state index in [9.17, 15) is 9.59 Å². The van der Waals surface area contributed by atoms with Gasteiger partial charge >= 0.3 is 5.97 Å². The minimum Gasteiger partial charge on any atom is -0.480 e. The van der Waals surface area contributed by atoms with Crippen LogP contribution in [0.15, 0.2) is 0 Å². The Morgan fingerprint density at radius 2 is 2.06 bits per heavy atom. The van der Waals surface area contributed by atoms with E-state index in [4.69, 9.17) is 5.11 Å². The predicted octanol–water partition coefficient (Wildman–Crippen LogP) is 0.830. The molecule has 0 atom stereocenters. The highest BCUT2D eigenvalue weighted by atomic mass is 16.4. The summed E-state index contributed by atoms with van der Waals surface area (Å²) in [6, 6.07) is 0. The zero-order valence-electron chi connectivity index (χ0n) is 9.13. The Kier molecular flexibility index (Phi) is 2.22. The predicted molar refractivity (Wildman–Crippen MR) is 56.0 cm³/mol. The van der Waals surface area contributed by atoms with Crippen LogP contribution >= 0.6 is 0 Å². The summed E-state index contributed by atoms with van der Waals surface area (Å²) in [6.07, 6.45) is 0.814. The highest BCUT2D eigenvalue weighted by Gasteiger charge is 2.57. The normalized spacial score (nSPS) is 16.9. The summed E-state index contributed by atoms with van der Waals surface area (Å²) in [4.78, 5) is 22.7. The van der Waals surface area contributed by atoms with Gasteiger partial charge in [-0.3, -0.25) is 14.7 Å². The first kappa shape index (κ1) is 10.7. The quantitative estimate of drug-likeness (QED) is 0.661. The zero-order valence-corrected chi connectivity index (χ0v) is 9.13. The van der Waals surface area contributed by atoms with Crippen LogP contribution in [0, 0.1) is 19.3 Å². The molecule has 16 heavy (non-hydrogen) atoms. The molecule has 86 valence electrons. The molecule has 0 aromatic carbocycles. The number of carbonyl (C=O) groups excluding carboxylic acids is 1. The SMILES string of the molecule is Cc1n[nH]c(C)c1NC(=O)C1(C(=O)O)CC1. The fraction of sp³-hybridized carbons (Fsp3) is 0.500. The van der Waals surface area contributed by atoms with Gasteiger partial charge in [-0.05, 0) is 26.7 Å². The van der Waals surface area contributed by atoms with Gasteiger partial charge in [0.1, 0.15) is 5.41 Å². The van der Waals surface area contributed by atoms with E-state index in [-0.39, 0.29) is 0 Å². The number of anilines is 1. The maximum absolute atomic E-state index is 11.8. The highest BCUT2D eigenvalue weighted by molar-refractivity contribution is 6.11. The van der Waals surface area contributed by atoms with Crippen molar-refractivity contribution < 1.29 is 14.7 Å². The number of hydrogen-bond donors (Lipinski definition) is 3.